The Hall–Kier alpha value is -2.95. The molecule has 0 bridgehead atoms. The molecule has 0 fully saturated rings. The van der Waals surface area contributed by atoms with Crippen molar-refractivity contribution in [3.63, 3.8) is 0 Å². The SMILES string of the molecule is CC1CC(=O)C2=C(C1)Nc1nc3ccccc3n1C2c1cccnc1. The molecule has 25 heavy (non-hydrogen) atoms. The lowest BCUT2D eigenvalue weighted by atomic mass is 9.81. The van der Waals surface area contributed by atoms with Gasteiger partial charge in [0.25, 0.3) is 0 Å². The molecule has 2 aromatic heterocycles. The zero-order valence-corrected chi connectivity index (χ0v) is 13.9. The fourth-order valence-corrected chi connectivity index (χ4v) is 4.07. The van der Waals surface area contributed by atoms with Gasteiger partial charge in [0.15, 0.2) is 5.78 Å². The van der Waals surface area contributed by atoms with Crippen molar-refractivity contribution in [2.45, 2.75) is 25.8 Å². The van der Waals surface area contributed by atoms with Gasteiger partial charge in [-0.2, -0.15) is 0 Å². The van der Waals surface area contributed by atoms with Gasteiger partial charge in [0.05, 0.1) is 17.1 Å². The highest BCUT2D eigenvalue weighted by Gasteiger charge is 2.38. The average molecular weight is 330 g/mol. The summed E-state index contributed by atoms with van der Waals surface area (Å²) in [5.74, 6) is 1.37. The van der Waals surface area contributed by atoms with E-state index < -0.39 is 0 Å². The molecule has 5 nitrogen and oxygen atoms in total. The largest absolute Gasteiger partial charge is 0.329 e. The monoisotopic (exact) mass is 330 g/mol. The number of hydrogen-bond donors (Lipinski definition) is 1. The lowest BCUT2D eigenvalue weighted by molar-refractivity contribution is -0.117. The summed E-state index contributed by atoms with van der Waals surface area (Å²) >= 11 is 0. The Labute approximate surface area is 145 Å². The molecular weight excluding hydrogens is 312 g/mol. The zero-order valence-electron chi connectivity index (χ0n) is 13.9. The third kappa shape index (κ3) is 2.12. The number of para-hydroxylation sites is 2. The van der Waals surface area contributed by atoms with Crippen LogP contribution >= 0.6 is 0 Å². The molecule has 1 aliphatic heterocycles. The molecule has 0 amide bonds. The van der Waals surface area contributed by atoms with Crippen molar-refractivity contribution in [3.8, 4) is 0 Å². The van der Waals surface area contributed by atoms with E-state index in [1.54, 1.807) is 6.20 Å². The molecule has 1 aromatic carbocycles. The average Bonchev–Trinajstić information content (AvgIpc) is 2.98. The van der Waals surface area contributed by atoms with Gasteiger partial charge in [-0.15, -0.1) is 0 Å². The van der Waals surface area contributed by atoms with Crippen LogP contribution in [0.3, 0.4) is 0 Å². The first-order valence-corrected chi connectivity index (χ1v) is 8.62. The molecule has 0 saturated heterocycles. The van der Waals surface area contributed by atoms with E-state index in [1.165, 1.54) is 0 Å². The molecule has 2 atom stereocenters. The highest BCUT2D eigenvalue weighted by atomic mass is 16.1. The minimum atomic E-state index is -0.174. The van der Waals surface area contributed by atoms with Crippen LogP contribution in [0.5, 0.6) is 0 Å². The standard InChI is InChI=1S/C20H18N4O/c1-12-9-15-18(17(25)10-12)19(13-5-4-8-21-11-13)24-16-7-3-2-6-14(16)22-20(24)23-15/h2-8,11-12,19H,9-10H2,1H3,(H,22,23). The Bertz CT molecular complexity index is 1020. The number of ketones is 1. The number of carbonyl (C=O) groups excluding carboxylic acids is 1. The number of imidazole rings is 1. The summed E-state index contributed by atoms with van der Waals surface area (Å²) in [6.07, 6.45) is 5.09. The van der Waals surface area contributed by atoms with Gasteiger partial charge in [0, 0.05) is 30.1 Å². The summed E-state index contributed by atoms with van der Waals surface area (Å²) in [5.41, 5.74) is 4.85. The summed E-state index contributed by atoms with van der Waals surface area (Å²) in [5, 5.41) is 3.44. The van der Waals surface area contributed by atoms with Gasteiger partial charge in [0.1, 0.15) is 0 Å². The second-order valence-corrected chi connectivity index (χ2v) is 6.94. The molecule has 0 saturated carbocycles. The van der Waals surface area contributed by atoms with Gasteiger partial charge in [-0.1, -0.05) is 25.1 Å². The van der Waals surface area contributed by atoms with Crippen LogP contribution in [0.2, 0.25) is 0 Å². The Morgan fingerprint density at radius 2 is 2.04 bits per heavy atom. The normalized spacial score (nSPS) is 22.5. The van der Waals surface area contributed by atoms with Crippen molar-refractivity contribution in [1.82, 2.24) is 14.5 Å². The summed E-state index contributed by atoms with van der Waals surface area (Å²) in [7, 11) is 0. The fourth-order valence-electron chi connectivity index (χ4n) is 4.07. The Morgan fingerprint density at radius 3 is 2.88 bits per heavy atom. The van der Waals surface area contributed by atoms with E-state index in [2.05, 4.69) is 27.9 Å². The first kappa shape index (κ1) is 14.4. The molecular formula is C20H18N4O. The van der Waals surface area contributed by atoms with E-state index in [-0.39, 0.29) is 11.8 Å². The molecule has 2 aliphatic rings. The third-order valence-electron chi connectivity index (χ3n) is 5.10. The van der Waals surface area contributed by atoms with E-state index in [4.69, 9.17) is 4.98 Å². The number of Topliss-reactive ketones (excluding diaryl/α,β-unsaturated/α-hetero) is 1. The summed E-state index contributed by atoms with van der Waals surface area (Å²) in [6.45, 7) is 2.13. The molecule has 2 unspecified atom stereocenters. The summed E-state index contributed by atoms with van der Waals surface area (Å²) in [4.78, 5) is 22.0. The van der Waals surface area contributed by atoms with E-state index >= 15 is 0 Å². The van der Waals surface area contributed by atoms with Crippen LogP contribution in [0.4, 0.5) is 5.95 Å². The molecule has 0 spiro atoms. The van der Waals surface area contributed by atoms with Crippen LogP contribution in [-0.4, -0.2) is 20.3 Å². The van der Waals surface area contributed by atoms with Gasteiger partial charge in [-0.25, -0.2) is 4.98 Å². The predicted octanol–water partition coefficient (Wildman–Crippen LogP) is 3.70. The van der Waals surface area contributed by atoms with Crippen LogP contribution in [0, 0.1) is 5.92 Å². The highest BCUT2D eigenvalue weighted by molar-refractivity contribution is 6.00. The number of nitrogens with one attached hydrogen (secondary N) is 1. The van der Waals surface area contributed by atoms with Crippen molar-refractivity contribution >= 4 is 22.8 Å². The molecule has 5 rings (SSSR count). The van der Waals surface area contributed by atoms with Gasteiger partial charge >= 0.3 is 0 Å². The maximum atomic E-state index is 12.9. The second-order valence-electron chi connectivity index (χ2n) is 6.94. The first-order valence-electron chi connectivity index (χ1n) is 8.62. The number of carbonyl (C=O) groups is 1. The van der Waals surface area contributed by atoms with Gasteiger partial charge < -0.3 is 5.32 Å². The minimum Gasteiger partial charge on any atom is -0.329 e. The number of allylic oxidation sites excluding steroid dienone is 2. The molecule has 1 N–H and O–H groups in total. The van der Waals surface area contributed by atoms with Crippen LogP contribution in [0.25, 0.3) is 11.0 Å². The number of anilines is 1. The predicted molar refractivity (Wildman–Crippen MR) is 96.2 cm³/mol. The van der Waals surface area contributed by atoms with Gasteiger partial charge in [-0.3, -0.25) is 14.3 Å². The van der Waals surface area contributed by atoms with Crippen LogP contribution in [0.15, 0.2) is 60.1 Å². The van der Waals surface area contributed by atoms with Crippen molar-refractivity contribution in [2.75, 3.05) is 5.32 Å². The van der Waals surface area contributed by atoms with Crippen LogP contribution in [0.1, 0.15) is 31.4 Å². The van der Waals surface area contributed by atoms with Gasteiger partial charge in [-0.05, 0) is 36.1 Å². The number of fused-ring (bicyclic) bond motifs is 3. The van der Waals surface area contributed by atoms with E-state index in [0.717, 1.165) is 40.2 Å². The van der Waals surface area contributed by atoms with Crippen molar-refractivity contribution in [2.24, 2.45) is 5.92 Å². The van der Waals surface area contributed by atoms with Crippen molar-refractivity contribution in [3.05, 3.63) is 65.6 Å². The minimum absolute atomic E-state index is 0.174. The molecule has 3 aromatic rings. The van der Waals surface area contributed by atoms with Crippen LogP contribution < -0.4 is 5.32 Å². The van der Waals surface area contributed by atoms with E-state index in [0.29, 0.717) is 12.3 Å². The Kier molecular flexibility index (Phi) is 3.04. The quantitative estimate of drug-likeness (QED) is 0.739. The second kappa shape index (κ2) is 5.28. The number of rotatable bonds is 1. The molecule has 5 heteroatoms. The lowest BCUT2D eigenvalue weighted by Crippen LogP contribution is -2.33. The zero-order chi connectivity index (χ0) is 17.0. The maximum Gasteiger partial charge on any atom is 0.209 e. The smallest absolute Gasteiger partial charge is 0.209 e. The van der Waals surface area contributed by atoms with Gasteiger partial charge in [0.2, 0.25) is 5.95 Å². The topological polar surface area (TPSA) is 59.8 Å². The van der Waals surface area contributed by atoms with Crippen molar-refractivity contribution in [1.29, 1.82) is 0 Å². The number of hydrogen-bond acceptors (Lipinski definition) is 4. The molecule has 124 valence electrons. The lowest BCUT2D eigenvalue weighted by Gasteiger charge is -2.35. The Balaban J connectivity index is 1.81. The first-order chi connectivity index (χ1) is 12.2. The molecule has 3 heterocycles. The third-order valence-corrected chi connectivity index (χ3v) is 5.10. The summed E-state index contributed by atoms with van der Waals surface area (Å²) in [6, 6.07) is 11.8. The highest BCUT2D eigenvalue weighted by Crippen LogP contribution is 2.43. The van der Waals surface area contributed by atoms with E-state index in [9.17, 15) is 4.79 Å². The number of pyridine rings is 1. The summed E-state index contributed by atoms with van der Waals surface area (Å²) < 4.78 is 2.14. The number of nitrogens with zero attached hydrogens (tertiary/aromatic N) is 3. The molecule has 1 aliphatic carbocycles. The number of benzene rings is 1. The maximum absolute atomic E-state index is 12.9. The molecule has 0 radical (unpaired) electrons. The fraction of sp³-hybridized carbons (Fsp3) is 0.250. The van der Waals surface area contributed by atoms with Crippen molar-refractivity contribution < 1.29 is 4.79 Å². The van der Waals surface area contributed by atoms with E-state index in [1.807, 2.05) is 36.5 Å². The number of aromatic nitrogens is 3. The Morgan fingerprint density at radius 1 is 1.16 bits per heavy atom. The van der Waals surface area contributed by atoms with Crippen LogP contribution in [-0.2, 0) is 4.79 Å².